The molecule has 1 fully saturated rings. The molecule has 1 heterocycles. The number of carbonyl (C=O) groups is 2. The number of nitrogens with zero attached hydrogens (tertiary/aromatic N) is 2. The van der Waals surface area contributed by atoms with Gasteiger partial charge in [0.1, 0.15) is 5.75 Å². The van der Waals surface area contributed by atoms with Crippen LogP contribution < -0.4 is 15.4 Å². The molecule has 0 saturated heterocycles. The van der Waals surface area contributed by atoms with Crippen molar-refractivity contribution in [3.8, 4) is 5.75 Å². The van der Waals surface area contributed by atoms with Gasteiger partial charge in [-0.05, 0) is 44.9 Å². The van der Waals surface area contributed by atoms with Crippen LogP contribution in [0.2, 0.25) is 0 Å². The van der Waals surface area contributed by atoms with Crippen molar-refractivity contribution in [3.05, 3.63) is 24.3 Å². The summed E-state index contributed by atoms with van der Waals surface area (Å²) in [5.41, 5.74) is 6.07. The zero-order valence-electron chi connectivity index (χ0n) is 13.6. The Morgan fingerprint density at radius 3 is 2.74 bits per heavy atom. The van der Waals surface area contributed by atoms with Gasteiger partial charge in [-0.15, -0.1) is 0 Å². The third-order valence-electron chi connectivity index (χ3n) is 4.78. The van der Waals surface area contributed by atoms with Crippen molar-refractivity contribution >= 4 is 17.5 Å². The van der Waals surface area contributed by atoms with E-state index in [9.17, 15) is 9.59 Å². The average Bonchev–Trinajstić information content (AvgIpc) is 3.37. The number of para-hydroxylation sites is 2. The van der Waals surface area contributed by atoms with E-state index < -0.39 is 12.0 Å². The molecule has 2 aliphatic rings. The minimum absolute atomic E-state index is 0.0398. The van der Waals surface area contributed by atoms with Gasteiger partial charge in [0.25, 0.3) is 5.91 Å². The van der Waals surface area contributed by atoms with Crippen LogP contribution in [-0.4, -0.2) is 49.0 Å². The molecule has 124 valence electrons. The molecule has 0 aromatic heterocycles. The van der Waals surface area contributed by atoms with E-state index in [2.05, 4.69) is 11.8 Å². The normalized spacial score (nSPS) is 21.5. The van der Waals surface area contributed by atoms with Crippen LogP contribution >= 0.6 is 0 Å². The Bertz CT molecular complexity index is 615. The van der Waals surface area contributed by atoms with E-state index in [1.165, 1.54) is 12.8 Å². The second-order valence-electron chi connectivity index (χ2n) is 6.47. The van der Waals surface area contributed by atoms with Crippen LogP contribution in [0, 0.1) is 5.92 Å². The van der Waals surface area contributed by atoms with Gasteiger partial charge >= 0.3 is 0 Å². The molecule has 1 aromatic rings. The summed E-state index contributed by atoms with van der Waals surface area (Å²) >= 11 is 0. The van der Waals surface area contributed by atoms with Crippen LogP contribution in [-0.2, 0) is 9.59 Å². The predicted octanol–water partition coefficient (Wildman–Crippen LogP) is 0.996. The Kier molecular flexibility index (Phi) is 4.26. The molecule has 2 atom stereocenters. The van der Waals surface area contributed by atoms with Crippen molar-refractivity contribution in [2.75, 3.05) is 25.0 Å². The summed E-state index contributed by atoms with van der Waals surface area (Å²) < 4.78 is 5.59. The molecule has 1 aliphatic carbocycles. The summed E-state index contributed by atoms with van der Waals surface area (Å²) in [6.45, 7) is 2.64. The molecule has 1 saturated carbocycles. The average molecular weight is 317 g/mol. The lowest BCUT2D eigenvalue weighted by Crippen LogP contribution is -2.52. The van der Waals surface area contributed by atoms with Crippen molar-refractivity contribution in [3.63, 3.8) is 0 Å². The maximum Gasteiger partial charge on any atom is 0.260 e. The van der Waals surface area contributed by atoms with Gasteiger partial charge in [0.05, 0.1) is 18.8 Å². The smallest absolute Gasteiger partial charge is 0.260 e. The lowest BCUT2D eigenvalue weighted by molar-refractivity contribution is -0.125. The molecule has 1 aromatic carbocycles. The maximum absolute atomic E-state index is 12.8. The number of ether oxygens (including phenoxy) is 1. The summed E-state index contributed by atoms with van der Waals surface area (Å²) in [6.07, 6.45) is 1.67. The molecule has 0 radical (unpaired) electrons. The number of amides is 2. The van der Waals surface area contributed by atoms with E-state index in [1.807, 2.05) is 25.2 Å². The van der Waals surface area contributed by atoms with Crippen LogP contribution in [0.3, 0.4) is 0 Å². The van der Waals surface area contributed by atoms with Gasteiger partial charge in [-0.2, -0.15) is 0 Å². The Morgan fingerprint density at radius 2 is 2.09 bits per heavy atom. The van der Waals surface area contributed by atoms with E-state index in [1.54, 1.807) is 11.0 Å². The van der Waals surface area contributed by atoms with Crippen molar-refractivity contribution in [1.82, 2.24) is 4.90 Å². The van der Waals surface area contributed by atoms with E-state index in [0.717, 1.165) is 0 Å². The molecular weight excluding hydrogens is 294 g/mol. The molecule has 0 spiro atoms. The van der Waals surface area contributed by atoms with Crippen LogP contribution in [0.4, 0.5) is 5.69 Å². The molecule has 6 heteroatoms. The number of nitrogens with two attached hydrogens (primary N) is 1. The highest BCUT2D eigenvalue weighted by Crippen LogP contribution is 2.35. The summed E-state index contributed by atoms with van der Waals surface area (Å²) in [6, 6.07) is 7.63. The first-order chi connectivity index (χ1) is 11.0. The van der Waals surface area contributed by atoms with E-state index in [4.69, 9.17) is 10.5 Å². The summed E-state index contributed by atoms with van der Waals surface area (Å²) in [4.78, 5) is 28.0. The third kappa shape index (κ3) is 3.32. The van der Waals surface area contributed by atoms with Crippen molar-refractivity contribution < 1.29 is 14.3 Å². The third-order valence-corrected chi connectivity index (χ3v) is 4.78. The van der Waals surface area contributed by atoms with Crippen molar-refractivity contribution in [1.29, 1.82) is 0 Å². The highest BCUT2D eigenvalue weighted by Gasteiger charge is 2.35. The zero-order chi connectivity index (χ0) is 16.6. The van der Waals surface area contributed by atoms with Gasteiger partial charge in [-0.25, -0.2) is 0 Å². The van der Waals surface area contributed by atoms with Crippen LogP contribution in [0.15, 0.2) is 24.3 Å². The summed E-state index contributed by atoms with van der Waals surface area (Å²) in [5, 5.41) is 0. The number of rotatable bonds is 5. The number of likely N-dealkylation sites (N-methyl/N-ethyl adjacent to an activating group) is 1. The molecule has 23 heavy (non-hydrogen) atoms. The van der Waals surface area contributed by atoms with Crippen molar-refractivity contribution in [2.45, 2.75) is 31.9 Å². The molecule has 2 amide bonds. The lowest BCUT2D eigenvalue weighted by Gasteiger charge is -2.35. The standard InChI is InChI=1S/C17H23N3O3/c1-11(12-7-8-12)19(2)10-16(21)20-9-15(17(18)22)23-14-6-4-3-5-13(14)20/h3-6,11-12,15H,7-10H2,1-2H3,(H2,18,22)/t11-,15-/m1/s1. The predicted molar refractivity (Wildman–Crippen MR) is 87.2 cm³/mol. The SMILES string of the molecule is C[C@H](C1CC1)N(C)CC(=O)N1C[C@H](C(N)=O)Oc2ccccc21. The lowest BCUT2D eigenvalue weighted by atomic mass is 10.1. The Morgan fingerprint density at radius 1 is 1.39 bits per heavy atom. The number of hydrogen-bond donors (Lipinski definition) is 1. The Hall–Kier alpha value is -2.08. The second kappa shape index (κ2) is 6.20. The van der Waals surface area contributed by atoms with Crippen LogP contribution in [0.5, 0.6) is 5.75 Å². The maximum atomic E-state index is 12.8. The van der Waals surface area contributed by atoms with Gasteiger partial charge in [0, 0.05) is 6.04 Å². The summed E-state index contributed by atoms with van der Waals surface area (Å²) in [7, 11) is 1.97. The highest BCUT2D eigenvalue weighted by atomic mass is 16.5. The first-order valence-corrected chi connectivity index (χ1v) is 8.03. The first-order valence-electron chi connectivity index (χ1n) is 8.03. The number of benzene rings is 1. The second-order valence-corrected chi connectivity index (χ2v) is 6.47. The highest BCUT2D eigenvalue weighted by molar-refractivity contribution is 5.98. The van der Waals surface area contributed by atoms with E-state index in [-0.39, 0.29) is 12.5 Å². The van der Waals surface area contributed by atoms with Crippen LogP contribution in [0.1, 0.15) is 19.8 Å². The Labute approximate surface area is 136 Å². The zero-order valence-corrected chi connectivity index (χ0v) is 13.6. The number of carbonyl (C=O) groups excluding carboxylic acids is 2. The van der Waals surface area contributed by atoms with E-state index >= 15 is 0 Å². The fourth-order valence-corrected chi connectivity index (χ4v) is 3.00. The molecular formula is C17H23N3O3. The fourth-order valence-electron chi connectivity index (χ4n) is 3.00. The number of hydrogen-bond acceptors (Lipinski definition) is 4. The monoisotopic (exact) mass is 317 g/mol. The number of primary amides is 1. The number of fused-ring (bicyclic) bond motifs is 1. The van der Waals surface area contributed by atoms with Gasteiger partial charge in [0.2, 0.25) is 5.91 Å². The molecule has 0 unspecified atom stereocenters. The fraction of sp³-hybridized carbons (Fsp3) is 0.529. The van der Waals surface area contributed by atoms with Crippen molar-refractivity contribution in [2.24, 2.45) is 11.7 Å². The number of anilines is 1. The largest absolute Gasteiger partial charge is 0.477 e. The van der Waals surface area contributed by atoms with Crippen LogP contribution in [0.25, 0.3) is 0 Å². The topological polar surface area (TPSA) is 75.9 Å². The molecule has 1 aliphatic heterocycles. The van der Waals surface area contributed by atoms with Gasteiger partial charge in [-0.3, -0.25) is 14.5 Å². The van der Waals surface area contributed by atoms with E-state index in [0.29, 0.717) is 29.9 Å². The first kappa shape index (κ1) is 15.8. The van der Waals surface area contributed by atoms with Gasteiger partial charge in [-0.1, -0.05) is 12.1 Å². The molecule has 6 nitrogen and oxygen atoms in total. The van der Waals surface area contributed by atoms with Gasteiger partial charge in [0.15, 0.2) is 6.10 Å². The Balaban J connectivity index is 1.76. The molecule has 0 bridgehead atoms. The molecule has 3 rings (SSSR count). The minimum Gasteiger partial charge on any atom is -0.477 e. The molecule has 2 N–H and O–H groups in total. The quantitative estimate of drug-likeness (QED) is 0.879. The summed E-state index contributed by atoms with van der Waals surface area (Å²) in [5.74, 6) is 0.621. The van der Waals surface area contributed by atoms with Gasteiger partial charge < -0.3 is 15.4 Å². The minimum atomic E-state index is -0.806.